The molecule has 3 aliphatic rings. The van der Waals surface area contributed by atoms with Gasteiger partial charge in [0.05, 0.1) is 18.9 Å². The van der Waals surface area contributed by atoms with Crippen LogP contribution in [0.5, 0.6) is 5.75 Å². The minimum absolute atomic E-state index is 0.0935. The molecule has 1 unspecified atom stereocenters. The highest BCUT2D eigenvalue weighted by Crippen LogP contribution is 2.37. The third-order valence-corrected chi connectivity index (χ3v) is 6.65. The molecule has 3 heterocycles. The Hall–Kier alpha value is -2.77. The molecule has 3 aliphatic heterocycles. The number of nitrogens with zero attached hydrogens (tertiary/aromatic N) is 3. The van der Waals surface area contributed by atoms with Crippen molar-refractivity contribution >= 4 is 17.3 Å². The number of hydrogen-bond acceptors (Lipinski definition) is 6. The normalized spacial score (nSPS) is 21.6. The topological polar surface area (TPSA) is 57.3 Å². The van der Waals surface area contributed by atoms with E-state index in [2.05, 4.69) is 45.3 Å². The van der Waals surface area contributed by atoms with E-state index in [0.29, 0.717) is 5.56 Å². The fraction of sp³-hybridized carbons (Fsp3) is 0.480. The lowest BCUT2D eigenvalue weighted by molar-refractivity contribution is 0.0792. The van der Waals surface area contributed by atoms with Crippen molar-refractivity contribution in [2.24, 2.45) is 0 Å². The number of fused-ring (bicyclic) bond motifs is 1. The van der Waals surface area contributed by atoms with Crippen molar-refractivity contribution in [3.05, 3.63) is 53.6 Å². The van der Waals surface area contributed by atoms with Gasteiger partial charge in [-0.3, -0.25) is 4.79 Å². The Morgan fingerprint density at radius 1 is 0.938 bits per heavy atom. The number of morpholine rings is 1. The molecule has 7 nitrogen and oxygen atoms in total. The second-order valence-corrected chi connectivity index (χ2v) is 8.82. The predicted molar refractivity (Wildman–Crippen MR) is 126 cm³/mol. The smallest absolute Gasteiger partial charge is 0.254 e. The lowest BCUT2D eigenvalue weighted by Crippen LogP contribution is -2.45. The van der Waals surface area contributed by atoms with Crippen LogP contribution in [0.3, 0.4) is 0 Å². The number of carbonyl (C=O) groups is 1. The van der Waals surface area contributed by atoms with Crippen LogP contribution < -0.4 is 19.9 Å². The number of piperazine rings is 1. The van der Waals surface area contributed by atoms with E-state index < -0.39 is 0 Å². The van der Waals surface area contributed by atoms with Crippen LogP contribution in [0.25, 0.3) is 0 Å². The second kappa shape index (κ2) is 9.38. The van der Waals surface area contributed by atoms with Gasteiger partial charge in [0.25, 0.3) is 5.91 Å². The van der Waals surface area contributed by atoms with Crippen LogP contribution in [0, 0.1) is 0 Å². The summed E-state index contributed by atoms with van der Waals surface area (Å²) in [6.45, 7) is 7.34. The molecular formula is C25H32N4O3. The highest BCUT2D eigenvalue weighted by atomic mass is 16.5. The molecule has 2 aromatic carbocycles. The largest absolute Gasteiger partial charge is 0.468 e. The van der Waals surface area contributed by atoms with Gasteiger partial charge in [-0.1, -0.05) is 12.1 Å². The van der Waals surface area contributed by atoms with Crippen LogP contribution in [-0.2, 0) is 11.2 Å². The minimum Gasteiger partial charge on any atom is -0.468 e. The minimum atomic E-state index is -0.317. The Balaban J connectivity index is 1.24. The van der Waals surface area contributed by atoms with Gasteiger partial charge in [-0.05, 0) is 49.4 Å². The molecule has 2 saturated heterocycles. The Bertz CT molecular complexity index is 935. The van der Waals surface area contributed by atoms with Gasteiger partial charge in [0.15, 0.2) is 6.23 Å². The number of aryl methyl sites for hydroxylation is 1. The molecule has 1 amide bonds. The number of amides is 1. The second-order valence-electron chi connectivity index (χ2n) is 8.82. The van der Waals surface area contributed by atoms with E-state index in [-0.39, 0.29) is 12.1 Å². The number of rotatable bonds is 4. The molecule has 7 heteroatoms. The Morgan fingerprint density at radius 3 is 2.44 bits per heavy atom. The van der Waals surface area contributed by atoms with Gasteiger partial charge >= 0.3 is 0 Å². The molecule has 0 saturated carbocycles. The number of likely N-dealkylation sites (N-methyl/N-ethyl adjacent to an activating group) is 1. The van der Waals surface area contributed by atoms with Gasteiger partial charge in [-0.25, -0.2) is 0 Å². The maximum Gasteiger partial charge on any atom is 0.254 e. The number of anilines is 2. The molecule has 0 aliphatic carbocycles. The zero-order valence-electron chi connectivity index (χ0n) is 18.8. The first-order chi connectivity index (χ1) is 15.7. The van der Waals surface area contributed by atoms with Crippen LogP contribution in [0.1, 0.15) is 22.3 Å². The van der Waals surface area contributed by atoms with Gasteiger partial charge in [-0.2, -0.15) is 0 Å². The van der Waals surface area contributed by atoms with Crippen LogP contribution >= 0.6 is 0 Å². The van der Waals surface area contributed by atoms with Crippen molar-refractivity contribution < 1.29 is 14.3 Å². The fourth-order valence-corrected chi connectivity index (χ4v) is 4.66. The molecule has 5 rings (SSSR count). The Morgan fingerprint density at radius 2 is 1.69 bits per heavy atom. The molecule has 1 N–H and O–H groups in total. The van der Waals surface area contributed by atoms with Gasteiger partial charge in [-0.15, -0.1) is 0 Å². The average Bonchev–Trinajstić information content (AvgIpc) is 2.85. The number of ether oxygens (including phenoxy) is 2. The molecule has 170 valence electrons. The van der Waals surface area contributed by atoms with E-state index in [1.54, 1.807) is 0 Å². The van der Waals surface area contributed by atoms with E-state index in [1.807, 2.05) is 24.3 Å². The molecule has 2 aromatic rings. The van der Waals surface area contributed by atoms with Crippen molar-refractivity contribution in [2.45, 2.75) is 19.1 Å². The van der Waals surface area contributed by atoms with E-state index in [1.165, 1.54) is 5.56 Å². The van der Waals surface area contributed by atoms with E-state index in [0.717, 1.165) is 82.4 Å². The third kappa shape index (κ3) is 4.54. The maximum absolute atomic E-state index is 12.9. The quantitative estimate of drug-likeness (QED) is 0.794. The average molecular weight is 437 g/mol. The molecule has 2 fully saturated rings. The van der Waals surface area contributed by atoms with Crippen LogP contribution in [0.2, 0.25) is 0 Å². The summed E-state index contributed by atoms with van der Waals surface area (Å²) in [6, 6.07) is 14.2. The summed E-state index contributed by atoms with van der Waals surface area (Å²) in [5, 5.41) is 3.09. The Kier molecular flexibility index (Phi) is 6.19. The fourth-order valence-electron chi connectivity index (χ4n) is 4.66. The highest BCUT2D eigenvalue weighted by molar-refractivity contribution is 5.94. The SMILES string of the molecule is CN1CCN(c2cccc3c2OC(NC(=O)c2ccc(N4CCOCC4)cc2)CC3)CC1. The molecule has 0 radical (unpaired) electrons. The number of hydrogen-bond donors (Lipinski definition) is 1. The first-order valence-corrected chi connectivity index (χ1v) is 11.6. The van der Waals surface area contributed by atoms with Gasteiger partial charge in [0.2, 0.25) is 0 Å². The molecule has 32 heavy (non-hydrogen) atoms. The number of para-hydroxylation sites is 1. The summed E-state index contributed by atoms with van der Waals surface area (Å²) >= 11 is 0. The van der Waals surface area contributed by atoms with Crippen molar-refractivity contribution in [3.8, 4) is 5.75 Å². The van der Waals surface area contributed by atoms with Crippen molar-refractivity contribution in [3.63, 3.8) is 0 Å². The lowest BCUT2D eigenvalue weighted by Gasteiger charge is -2.37. The first kappa shape index (κ1) is 21.1. The molecule has 0 aromatic heterocycles. The number of benzene rings is 2. The Labute approximate surface area is 189 Å². The van der Waals surface area contributed by atoms with Crippen molar-refractivity contribution in [2.75, 3.05) is 69.3 Å². The summed E-state index contributed by atoms with van der Waals surface area (Å²) in [5.41, 5.74) is 4.15. The summed E-state index contributed by atoms with van der Waals surface area (Å²) in [6.07, 6.45) is 1.36. The molecule has 0 bridgehead atoms. The number of carbonyl (C=O) groups excluding carboxylic acids is 1. The van der Waals surface area contributed by atoms with Crippen molar-refractivity contribution in [1.82, 2.24) is 10.2 Å². The summed E-state index contributed by atoms with van der Waals surface area (Å²) in [5.74, 6) is 0.834. The van der Waals surface area contributed by atoms with Gasteiger partial charge in [0.1, 0.15) is 5.75 Å². The summed E-state index contributed by atoms with van der Waals surface area (Å²) < 4.78 is 11.8. The number of nitrogens with one attached hydrogen (secondary N) is 1. The van der Waals surface area contributed by atoms with E-state index >= 15 is 0 Å². The van der Waals surface area contributed by atoms with Crippen LogP contribution in [-0.4, -0.2) is 76.6 Å². The lowest BCUT2D eigenvalue weighted by atomic mass is 10.0. The van der Waals surface area contributed by atoms with E-state index in [4.69, 9.17) is 9.47 Å². The van der Waals surface area contributed by atoms with Crippen LogP contribution in [0.4, 0.5) is 11.4 Å². The molecule has 1 atom stereocenters. The van der Waals surface area contributed by atoms with Gasteiger partial charge in [0, 0.05) is 56.9 Å². The third-order valence-electron chi connectivity index (χ3n) is 6.65. The first-order valence-electron chi connectivity index (χ1n) is 11.6. The predicted octanol–water partition coefficient (Wildman–Crippen LogP) is 2.36. The summed E-state index contributed by atoms with van der Waals surface area (Å²) in [4.78, 5) is 19.9. The van der Waals surface area contributed by atoms with Gasteiger partial charge < -0.3 is 29.5 Å². The maximum atomic E-state index is 12.9. The molecular weight excluding hydrogens is 404 g/mol. The monoisotopic (exact) mass is 436 g/mol. The van der Waals surface area contributed by atoms with Crippen molar-refractivity contribution in [1.29, 1.82) is 0 Å². The van der Waals surface area contributed by atoms with Crippen LogP contribution in [0.15, 0.2) is 42.5 Å². The summed E-state index contributed by atoms with van der Waals surface area (Å²) in [7, 11) is 2.16. The zero-order chi connectivity index (χ0) is 21.9. The van der Waals surface area contributed by atoms with E-state index in [9.17, 15) is 4.79 Å². The highest BCUT2D eigenvalue weighted by Gasteiger charge is 2.27. The zero-order valence-corrected chi connectivity index (χ0v) is 18.8. The standard InChI is InChI=1S/C25H32N4O3/c1-27-11-13-29(14-12-27)22-4-2-3-19-7-10-23(32-24(19)22)26-25(30)20-5-8-21(9-6-20)28-15-17-31-18-16-28/h2-6,8-9,23H,7,10-18H2,1H3,(H,26,30). The molecule has 0 spiro atoms.